The summed E-state index contributed by atoms with van der Waals surface area (Å²) in [6.07, 6.45) is 8.52. The highest BCUT2D eigenvalue weighted by molar-refractivity contribution is 5.61. The summed E-state index contributed by atoms with van der Waals surface area (Å²) in [7, 11) is 0. The van der Waals surface area contributed by atoms with Gasteiger partial charge in [-0.05, 0) is 41.3 Å². The fourth-order valence-electron chi connectivity index (χ4n) is 5.16. The summed E-state index contributed by atoms with van der Waals surface area (Å²) in [6, 6.07) is 11.4. The molecule has 3 atom stereocenters. The molecular formula is C23H29N7. The number of benzene rings is 1. The molecule has 156 valence electrons. The molecule has 3 unspecified atom stereocenters. The molecule has 1 fully saturated rings. The van der Waals surface area contributed by atoms with Crippen LogP contribution in [0.4, 0.5) is 5.69 Å². The van der Waals surface area contributed by atoms with Crippen molar-refractivity contribution in [3.05, 3.63) is 66.5 Å². The molecule has 2 aliphatic rings. The maximum Gasteiger partial charge on any atom is 0.123 e. The van der Waals surface area contributed by atoms with Crippen molar-refractivity contribution in [1.29, 1.82) is 0 Å². The molecule has 0 amide bonds. The van der Waals surface area contributed by atoms with Gasteiger partial charge in [0.25, 0.3) is 0 Å². The van der Waals surface area contributed by atoms with Crippen molar-refractivity contribution in [2.45, 2.75) is 31.8 Å². The minimum Gasteiger partial charge on any atom is -0.384 e. The second kappa shape index (κ2) is 8.53. The van der Waals surface area contributed by atoms with E-state index in [-0.39, 0.29) is 0 Å². The number of piperazine rings is 1. The lowest BCUT2D eigenvalue weighted by atomic mass is 9.79. The molecule has 1 aromatic carbocycles. The fourth-order valence-corrected chi connectivity index (χ4v) is 5.16. The summed E-state index contributed by atoms with van der Waals surface area (Å²) in [6.45, 7) is 7.45. The van der Waals surface area contributed by atoms with Crippen molar-refractivity contribution in [3.63, 3.8) is 0 Å². The minimum absolute atomic E-state index is 0.489. The summed E-state index contributed by atoms with van der Waals surface area (Å²) < 4.78 is 1.98. The Morgan fingerprint density at radius 2 is 2.07 bits per heavy atom. The van der Waals surface area contributed by atoms with Gasteiger partial charge in [-0.2, -0.15) is 0 Å². The zero-order valence-corrected chi connectivity index (χ0v) is 17.4. The molecule has 30 heavy (non-hydrogen) atoms. The van der Waals surface area contributed by atoms with Gasteiger partial charge < -0.3 is 10.6 Å². The van der Waals surface area contributed by atoms with Crippen LogP contribution in [0.2, 0.25) is 0 Å². The van der Waals surface area contributed by atoms with E-state index in [0.29, 0.717) is 17.9 Å². The molecule has 2 N–H and O–H groups in total. The smallest absolute Gasteiger partial charge is 0.123 e. The molecule has 0 bridgehead atoms. The van der Waals surface area contributed by atoms with Crippen LogP contribution >= 0.6 is 0 Å². The first-order valence-corrected chi connectivity index (χ1v) is 10.9. The van der Waals surface area contributed by atoms with Crippen molar-refractivity contribution in [2.75, 3.05) is 31.5 Å². The topological polar surface area (TPSA) is 70.9 Å². The number of nitrogens with one attached hydrogen (secondary N) is 2. The molecule has 0 saturated carbocycles. The van der Waals surface area contributed by atoms with Crippen LogP contribution in [0.15, 0.2) is 55.4 Å². The normalized spacial score (nSPS) is 22.4. The number of rotatable bonds is 6. The molecule has 3 aromatic rings. The van der Waals surface area contributed by atoms with Crippen LogP contribution in [0.25, 0.3) is 5.69 Å². The van der Waals surface area contributed by atoms with Crippen LogP contribution in [0.3, 0.4) is 0 Å². The Hall–Kier alpha value is -2.77. The highest BCUT2D eigenvalue weighted by Gasteiger charge is 2.37. The first kappa shape index (κ1) is 19.2. The quantitative estimate of drug-likeness (QED) is 0.659. The highest BCUT2D eigenvalue weighted by Crippen LogP contribution is 2.41. The van der Waals surface area contributed by atoms with Gasteiger partial charge >= 0.3 is 0 Å². The second-order valence-electron chi connectivity index (χ2n) is 8.30. The van der Waals surface area contributed by atoms with Crippen LogP contribution in [0.5, 0.6) is 0 Å². The molecule has 4 heterocycles. The summed E-state index contributed by atoms with van der Waals surface area (Å²) in [5.74, 6) is 1.06. The van der Waals surface area contributed by atoms with Crippen molar-refractivity contribution in [2.24, 2.45) is 5.92 Å². The van der Waals surface area contributed by atoms with Gasteiger partial charge in [-0.1, -0.05) is 19.4 Å². The molecule has 0 spiro atoms. The Labute approximate surface area is 177 Å². The number of fused-ring (bicyclic) bond motifs is 1. The predicted molar refractivity (Wildman–Crippen MR) is 118 cm³/mol. The Kier molecular flexibility index (Phi) is 5.46. The van der Waals surface area contributed by atoms with Gasteiger partial charge in [-0.15, -0.1) is 10.2 Å². The summed E-state index contributed by atoms with van der Waals surface area (Å²) in [4.78, 5) is 6.97. The van der Waals surface area contributed by atoms with E-state index in [0.717, 1.165) is 44.8 Å². The van der Waals surface area contributed by atoms with E-state index in [4.69, 9.17) is 0 Å². The number of pyridine rings is 1. The number of nitrogens with zero attached hydrogens (tertiary/aromatic N) is 5. The first-order valence-electron chi connectivity index (χ1n) is 10.9. The molecule has 5 rings (SSSR count). The van der Waals surface area contributed by atoms with E-state index >= 15 is 0 Å². The van der Waals surface area contributed by atoms with Crippen LogP contribution in [-0.4, -0.2) is 56.9 Å². The Balaban J connectivity index is 1.42. The second-order valence-corrected chi connectivity index (χ2v) is 8.30. The monoisotopic (exact) mass is 403 g/mol. The number of aromatic nitrogens is 4. The number of anilines is 1. The van der Waals surface area contributed by atoms with E-state index in [9.17, 15) is 0 Å². The SMILES string of the molecule is CCC(C1CNc2ccc(-n3cnnc3)cc21)C1CNCCN1Cc1cccnc1. The molecule has 1 saturated heterocycles. The lowest BCUT2D eigenvalue weighted by Crippen LogP contribution is -2.55. The predicted octanol–water partition coefficient (Wildman–Crippen LogP) is 2.67. The maximum absolute atomic E-state index is 4.32. The Morgan fingerprint density at radius 3 is 2.87 bits per heavy atom. The van der Waals surface area contributed by atoms with Crippen LogP contribution < -0.4 is 10.6 Å². The molecule has 2 aliphatic heterocycles. The van der Waals surface area contributed by atoms with Crippen LogP contribution in [0, 0.1) is 5.92 Å². The zero-order chi connectivity index (χ0) is 20.3. The van der Waals surface area contributed by atoms with E-state index < -0.39 is 0 Å². The van der Waals surface area contributed by atoms with Crippen molar-refractivity contribution >= 4 is 5.69 Å². The van der Waals surface area contributed by atoms with Gasteiger partial charge in [-0.3, -0.25) is 14.5 Å². The third kappa shape index (κ3) is 3.70. The minimum atomic E-state index is 0.489. The Bertz CT molecular complexity index is 957. The lowest BCUT2D eigenvalue weighted by Gasteiger charge is -2.42. The summed E-state index contributed by atoms with van der Waals surface area (Å²) >= 11 is 0. The van der Waals surface area contributed by atoms with E-state index in [2.05, 4.69) is 61.9 Å². The first-order chi connectivity index (χ1) is 14.8. The third-order valence-electron chi connectivity index (χ3n) is 6.65. The number of hydrogen-bond donors (Lipinski definition) is 2. The zero-order valence-electron chi connectivity index (χ0n) is 17.4. The van der Waals surface area contributed by atoms with Gasteiger partial charge in [-0.25, -0.2) is 0 Å². The average molecular weight is 404 g/mol. The van der Waals surface area contributed by atoms with Crippen LogP contribution in [-0.2, 0) is 6.54 Å². The lowest BCUT2D eigenvalue weighted by molar-refractivity contribution is 0.0916. The van der Waals surface area contributed by atoms with Crippen molar-refractivity contribution in [3.8, 4) is 5.69 Å². The van der Waals surface area contributed by atoms with Gasteiger partial charge in [0.1, 0.15) is 12.7 Å². The maximum atomic E-state index is 4.32. The largest absolute Gasteiger partial charge is 0.384 e. The molecule has 0 radical (unpaired) electrons. The average Bonchev–Trinajstić information content (AvgIpc) is 3.46. The summed E-state index contributed by atoms with van der Waals surface area (Å²) in [5.41, 5.74) is 5.09. The fraction of sp³-hybridized carbons (Fsp3) is 0.435. The van der Waals surface area contributed by atoms with Gasteiger partial charge in [0.2, 0.25) is 0 Å². The van der Waals surface area contributed by atoms with E-state index in [1.165, 1.54) is 16.8 Å². The molecule has 0 aliphatic carbocycles. The molecule has 7 heteroatoms. The molecule has 2 aromatic heterocycles. The summed E-state index contributed by atoms with van der Waals surface area (Å²) in [5, 5.41) is 15.2. The van der Waals surface area contributed by atoms with E-state index in [1.807, 2.05) is 23.0 Å². The number of hydrogen-bond acceptors (Lipinski definition) is 6. The van der Waals surface area contributed by atoms with Gasteiger partial charge in [0.15, 0.2) is 0 Å². The molecular weight excluding hydrogens is 374 g/mol. The highest BCUT2D eigenvalue weighted by atomic mass is 15.2. The third-order valence-corrected chi connectivity index (χ3v) is 6.65. The standard InChI is InChI=1S/C23H29N7/c1-2-19(23-13-25-8-9-29(23)14-17-4-3-7-24-11-17)21-12-26-22-6-5-18(10-20(21)22)30-15-27-28-16-30/h3-7,10-11,15-16,19,21,23,25-26H,2,8-9,12-14H2,1H3. The van der Waals surface area contributed by atoms with Crippen molar-refractivity contribution in [1.82, 2.24) is 30.0 Å². The van der Waals surface area contributed by atoms with Gasteiger partial charge in [0, 0.05) is 68.5 Å². The van der Waals surface area contributed by atoms with Crippen molar-refractivity contribution < 1.29 is 0 Å². The van der Waals surface area contributed by atoms with E-state index in [1.54, 1.807) is 12.7 Å². The van der Waals surface area contributed by atoms with Crippen LogP contribution in [0.1, 0.15) is 30.4 Å². The Morgan fingerprint density at radius 1 is 1.17 bits per heavy atom. The van der Waals surface area contributed by atoms with Gasteiger partial charge in [0.05, 0.1) is 0 Å². The molecule has 7 nitrogen and oxygen atoms in total.